The number of nitrogens with zero attached hydrogens (tertiary/aromatic N) is 1. The molecule has 0 N–H and O–H groups in total. The van der Waals surface area contributed by atoms with E-state index in [1.54, 1.807) is 6.92 Å². The van der Waals surface area contributed by atoms with Crippen molar-refractivity contribution < 1.29 is 4.79 Å². The van der Waals surface area contributed by atoms with E-state index in [-0.39, 0.29) is 6.04 Å². The standard InChI is InChI=1S/C9H17NO/c1-4-8-5-9(7(2)11)10(3)6-8/h8-9H,4-6H2,1-3H3/t8-,9+/m1/s1. The van der Waals surface area contributed by atoms with Crippen molar-refractivity contribution in [3.63, 3.8) is 0 Å². The highest BCUT2D eigenvalue weighted by molar-refractivity contribution is 5.81. The molecular formula is C9H17NO. The minimum Gasteiger partial charge on any atom is -0.298 e. The number of hydrogen-bond acceptors (Lipinski definition) is 2. The van der Waals surface area contributed by atoms with Crippen LogP contribution in [0.5, 0.6) is 0 Å². The number of carbonyl (C=O) groups excluding carboxylic acids is 1. The van der Waals surface area contributed by atoms with Gasteiger partial charge in [0.1, 0.15) is 5.78 Å². The van der Waals surface area contributed by atoms with Crippen molar-refractivity contribution in [2.75, 3.05) is 13.6 Å². The third-order valence-electron chi connectivity index (χ3n) is 2.68. The van der Waals surface area contributed by atoms with Crippen molar-refractivity contribution in [2.24, 2.45) is 5.92 Å². The molecule has 1 heterocycles. The third kappa shape index (κ3) is 1.80. The topological polar surface area (TPSA) is 20.3 Å². The SMILES string of the molecule is CC[C@@H]1C[C@@H](C(C)=O)N(C)C1. The molecule has 0 aromatic rings. The van der Waals surface area contributed by atoms with Crippen LogP contribution in [0.25, 0.3) is 0 Å². The van der Waals surface area contributed by atoms with E-state index in [1.165, 1.54) is 6.42 Å². The van der Waals surface area contributed by atoms with Crippen LogP contribution in [0.1, 0.15) is 26.7 Å². The van der Waals surface area contributed by atoms with Crippen LogP contribution in [0.15, 0.2) is 0 Å². The predicted molar refractivity (Wildman–Crippen MR) is 45.5 cm³/mol. The summed E-state index contributed by atoms with van der Waals surface area (Å²) in [6, 6.07) is 0.208. The van der Waals surface area contributed by atoms with Crippen LogP contribution >= 0.6 is 0 Å². The number of likely N-dealkylation sites (tertiary alicyclic amines) is 1. The van der Waals surface area contributed by atoms with Crippen LogP contribution in [0.2, 0.25) is 0 Å². The fourth-order valence-electron chi connectivity index (χ4n) is 1.88. The van der Waals surface area contributed by atoms with E-state index >= 15 is 0 Å². The van der Waals surface area contributed by atoms with Gasteiger partial charge in [-0.3, -0.25) is 9.69 Å². The third-order valence-corrected chi connectivity index (χ3v) is 2.68. The smallest absolute Gasteiger partial charge is 0.146 e. The van der Waals surface area contributed by atoms with Crippen LogP contribution < -0.4 is 0 Å². The molecule has 0 unspecified atom stereocenters. The monoisotopic (exact) mass is 155 g/mol. The molecule has 2 nitrogen and oxygen atoms in total. The summed E-state index contributed by atoms with van der Waals surface area (Å²) in [4.78, 5) is 13.3. The van der Waals surface area contributed by atoms with Gasteiger partial charge in [0, 0.05) is 6.54 Å². The molecule has 1 aliphatic heterocycles. The Morgan fingerprint density at radius 1 is 1.64 bits per heavy atom. The molecule has 1 saturated heterocycles. The lowest BCUT2D eigenvalue weighted by atomic mass is 10.0. The summed E-state index contributed by atoms with van der Waals surface area (Å²) in [6.07, 6.45) is 2.27. The van der Waals surface area contributed by atoms with Gasteiger partial charge in [-0.05, 0) is 26.3 Å². The summed E-state index contributed by atoms with van der Waals surface area (Å²) in [5, 5.41) is 0. The average Bonchev–Trinajstić information content (AvgIpc) is 2.30. The van der Waals surface area contributed by atoms with E-state index in [0.717, 1.165) is 18.9 Å². The second-order valence-electron chi connectivity index (χ2n) is 3.58. The van der Waals surface area contributed by atoms with Crippen molar-refractivity contribution in [3.8, 4) is 0 Å². The van der Waals surface area contributed by atoms with Crippen LogP contribution in [-0.4, -0.2) is 30.3 Å². The molecule has 2 atom stereocenters. The van der Waals surface area contributed by atoms with Gasteiger partial charge in [-0.15, -0.1) is 0 Å². The molecule has 1 rings (SSSR count). The van der Waals surface area contributed by atoms with Gasteiger partial charge in [0.25, 0.3) is 0 Å². The van der Waals surface area contributed by atoms with E-state index in [1.807, 2.05) is 7.05 Å². The highest BCUT2D eigenvalue weighted by atomic mass is 16.1. The van der Waals surface area contributed by atoms with Gasteiger partial charge in [-0.25, -0.2) is 0 Å². The van der Waals surface area contributed by atoms with Crippen molar-refractivity contribution in [2.45, 2.75) is 32.7 Å². The average molecular weight is 155 g/mol. The Labute approximate surface area is 68.6 Å². The summed E-state index contributed by atoms with van der Waals surface area (Å²) in [5.41, 5.74) is 0. The summed E-state index contributed by atoms with van der Waals surface area (Å²) in [6.45, 7) is 4.99. The Bertz CT molecular complexity index is 156. The summed E-state index contributed by atoms with van der Waals surface area (Å²) >= 11 is 0. The molecule has 11 heavy (non-hydrogen) atoms. The highest BCUT2D eigenvalue weighted by Crippen LogP contribution is 2.24. The highest BCUT2D eigenvalue weighted by Gasteiger charge is 2.30. The first-order valence-electron chi connectivity index (χ1n) is 4.35. The first-order valence-corrected chi connectivity index (χ1v) is 4.35. The molecule has 0 saturated carbocycles. The molecule has 2 heteroatoms. The lowest BCUT2D eigenvalue weighted by molar-refractivity contribution is -0.120. The maximum absolute atomic E-state index is 11.1. The molecule has 0 radical (unpaired) electrons. The molecule has 0 aromatic carbocycles. The first-order chi connectivity index (χ1) is 5.15. The lowest BCUT2D eigenvalue weighted by Crippen LogP contribution is -2.30. The van der Waals surface area contributed by atoms with E-state index < -0.39 is 0 Å². The van der Waals surface area contributed by atoms with E-state index in [9.17, 15) is 4.79 Å². The van der Waals surface area contributed by atoms with Crippen LogP contribution in [0, 0.1) is 5.92 Å². The van der Waals surface area contributed by atoms with Crippen LogP contribution in [-0.2, 0) is 4.79 Å². The maximum atomic E-state index is 11.1. The van der Waals surface area contributed by atoms with Gasteiger partial charge in [0.05, 0.1) is 6.04 Å². The van der Waals surface area contributed by atoms with Gasteiger partial charge in [0.15, 0.2) is 0 Å². The van der Waals surface area contributed by atoms with E-state index in [4.69, 9.17) is 0 Å². The zero-order valence-corrected chi connectivity index (χ0v) is 7.63. The van der Waals surface area contributed by atoms with Crippen molar-refractivity contribution in [1.29, 1.82) is 0 Å². The second kappa shape index (κ2) is 3.35. The lowest BCUT2D eigenvalue weighted by Gasteiger charge is -2.14. The number of rotatable bonds is 2. The summed E-state index contributed by atoms with van der Waals surface area (Å²) in [5.74, 6) is 1.07. The number of Topliss-reactive ketones (excluding diaryl/α,β-unsaturated/α-hetero) is 1. The second-order valence-corrected chi connectivity index (χ2v) is 3.58. The predicted octanol–water partition coefficient (Wildman–Crippen LogP) is 1.31. The van der Waals surface area contributed by atoms with Crippen molar-refractivity contribution in [3.05, 3.63) is 0 Å². The van der Waals surface area contributed by atoms with Gasteiger partial charge in [-0.2, -0.15) is 0 Å². The Kier molecular flexibility index (Phi) is 2.66. The normalized spacial score (nSPS) is 32.6. The molecule has 1 fully saturated rings. The largest absolute Gasteiger partial charge is 0.298 e. The van der Waals surface area contributed by atoms with Gasteiger partial charge in [-0.1, -0.05) is 13.3 Å². The number of likely N-dealkylation sites (N-methyl/N-ethyl adjacent to an activating group) is 1. The van der Waals surface area contributed by atoms with Crippen LogP contribution in [0.4, 0.5) is 0 Å². The Hall–Kier alpha value is -0.370. The number of hydrogen-bond donors (Lipinski definition) is 0. The fraction of sp³-hybridized carbons (Fsp3) is 0.889. The van der Waals surface area contributed by atoms with E-state index in [0.29, 0.717) is 5.78 Å². The Morgan fingerprint density at radius 3 is 2.55 bits per heavy atom. The molecule has 0 aromatic heterocycles. The molecule has 1 aliphatic rings. The fourth-order valence-corrected chi connectivity index (χ4v) is 1.88. The summed E-state index contributed by atoms with van der Waals surface area (Å²) < 4.78 is 0. The molecule has 0 bridgehead atoms. The first kappa shape index (κ1) is 8.72. The number of ketones is 1. The van der Waals surface area contributed by atoms with Crippen LogP contribution in [0.3, 0.4) is 0 Å². The zero-order valence-electron chi connectivity index (χ0n) is 7.63. The molecule has 0 spiro atoms. The van der Waals surface area contributed by atoms with E-state index in [2.05, 4.69) is 11.8 Å². The quantitative estimate of drug-likeness (QED) is 0.599. The van der Waals surface area contributed by atoms with Gasteiger partial charge in [0.2, 0.25) is 0 Å². The number of carbonyl (C=O) groups is 1. The zero-order chi connectivity index (χ0) is 8.43. The Morgan fingerprint density at radius 2 is 2.27 bits per heavy atom. The van der Waals surface area contributed by atoms with Crippen molar-refractivity contribution >= 4 is 5.78 Å². The van der Waals surface area contributed by atoms with Gasteiger partial charge < -0.3 is 0 Å². The Balaban J connectivity index is 2.51. The minimum absolute atomic E-state index is 0.208. The molecular weight excluding hydrogens is 138 g/mol. The minimum atomic E-state index is 0.208. The molecule has 0 aliphatic carbocycles. The van der Waals surface area contributed by atoms with Gasteiger partial charge >= 0.3 is 0 Å². The maximum Gasteiger partial charge on any atom is 0.146 e. The molecule has 64 valence electrons. The van der Waals surface area contributed by atoms with Crippen molar-refractivity contribution in [1.82, 2.24) is 4.90 Å². The molecule has 0 amide bonds. The summed E-state index contributed by atoms with van der Waals surface area (Å²) in [7, 11) is 2.04.